The van der Waals surface area contributed by atoms with Gasteiger partial charge in [-0.15, -0.1) is 0 Å². The first-order valence-electron chi connectivity index (χ1n) is 19.7. The molecule has 0 saturated carbocycles. The summed E-state index contributed by atoms with van der Waals surface area (Å²) in [6.07, 6.45) is 2.26. The molecule has 0 atom stereocenters. The molecule has 0 heterocycles. The van der Waals surface area contributed by atoms with Crippen LogP contribution in [0, 0.1) is 20.8 Å². The van der Waals surface area contributed by atoms with Crippen LogP contribution in [0.15, 0.2) is 179 Å². The van der Waals surface area contributed by atoms with E-state index in [4.69, 9.17) is 10.7 Å². The lowest BCUT2D eigenvalue weighted by Gasteiger charge is -2.17. The molecule has 0 aromatic heterocycles. The molecule has 2 nitrogen and oxygen atoms in total. The molecular weight excluding hydrogens is 697 g/mol. The van der Waals surface area contributed by atoms with Crippen LogP contribution in [0.25, 0.3) is 43.8 Å². The number of hydrogen-bond donors (Lipinski definition) is 1. The highest BCUT2D eigenvalue weighted by molar-refractivity contribution is 7.99. The van der Waals surface area contributed by atoms with Crippen LogP contribution in [0.2, 0.25) is 0 Å². The van der Waals surface area contributed by atoms with Crippen molar-refractivity contribution < 1.29 is 0 Å². The maximum atomic E-state index is 6.19. The summed E-state index contributed by atoms with van der Waals surface area (Å²) < 4.78 is 0. The Morgan fingerprint density at radius 2 is 1.18 bits per heavy atom. The van der Waals surface area contributed by atoms with Gasteiger partial charge in [0.05, 0.1) is 5.71 Å². The van der Waals surface area contributed by atoms with Crippen LogP contribution in [0.4, 0.5) is 5.69 Å². The summed E-state index contributed by atoms with van der Waals surface area (Å²) in [6, 6.07) is 58.3. The number of nitrogen functional groups attached to an aromatic ring is 1. The molecule has 0 unspecified atom stereocenters. The summed E-state index contributed by atoms with van der Waals surface area (Å²) >= 11 is 1.92. The topological polar surface area (TPSA) is 38.4 Å². The van der Waals surface area contributed by atoms with Crippen molar-refractivity contribution in [2.45, 2.75) is 57.3 Å². The van der Waals surface area contributed by atoms with Crippen LogP contribution < -0.4 is 5.73 Å². The van der Waals surface area contributed by atoms with Gasteiger partial charge in [0.25, 0.3) is 0 Å². The number of benzene rings is 8. The quantitative estimate of drug-likeness (QED) is 0.118. The van der Waals surface area contributed by atoms with Crippen molar-refractivity contribution in [1.29, 1.82) is 0 Å². The first kappa shape index (κ1) is 38.4. The van der Waals surface area contributed by atoms with Gasteiger partial charge in [-0.1, -0.05) is 165 Å². The summed E-state index contributed by atoms with van der Waals surface area (Å²) in [7, 11) is 0. The summed E-state index contributed by atoms with van der Waals surface area (Å²) in [5, 5.41) is 5.15. The van der Waals surface area contributed by atoms with Crippen LogP contribution in [-0.4, -0.2) is 12.3 Å². The number of para-hydroxylation sites is 1. The number of nitrogens with zero attached hydrogens (tertiary/aromatic N) is 1. The second kappa shape index (κ2) is 17.7. The molecule has 8 aromatic carbocycles. The van der Waals surface area contributed by atoms with E-state index in [9.17, 15) is 0 Å². The Bertz CT molecular complexity index is 2650. The number of hydrogen-bond acceptors (Lipinski definition) is 3. The average molecular weight is 747 g/mol. The van der Waals surface area contributed by atoms with Crippen molar-refractivity contribution in [3.8, 4) is 22.3 Å². The molecule has 8 aromatic rings. The summed E-state index contributed by atoms with van der Waals surface area (Å²) in [6.45, 7) is 11.7. The van der Waals surface area contributed by atoms with Gasteiger partial charge in [0.1, 0.15) is 0 Å². The van der Waals surface area contributed by atoms with Gasteiger partial charge < -0.3 is 5.73 Å². The second-order valence-electron chi connectivity index (χ2n) is 14.4. The Hall–Kier alpha value is -5.90. The monoisotopic (exact) mass is 746 g/mol. The highest BCUT2D eigenvalue weighted by Gasteiger charge is 2.14. The van der Waals surface area contributed by atoms with E-state index in [0.29, 0.717) is 0 Å². The van der Waals surface area contributed by atoms with E-state index < -0.39 is 0 Å². The Kier molecular flexibility index (Phi) is 12.1. The van der Waals surface area contributed by atoms with Gasteiger partial charge in [-0.05, 0) is 124 Å². The van der Waals surface area contributed by atoms with Gasteiger partial charge in [-0.3, -0.25) is 4.99 Å². The third kappa shape index (κ3) is 8.49. The Labute approximate surface area is 337 Å². The molecule has 0 radical (unpaired) electrons. The third-order valence-electron chi connectivity index (χ3n) is 10.4. The molecule has 3 heteroatoms. The Morgan fingerprint density at radius 3 is 1.91 bits per heavy atom. The molecule has 56 heavy (non-hydrogen) atoms. The minimum atomic E-state index is 0.717. The molecule has 0 aliphatic carbocycles. The van der Waals surface area contributed by atoms with E-state index in [0.717, 1.165) is 41.9 Å². The highest BCUT2D eigenvalue weighted by atomic mass is 32.2. The number of rotatable bonds is 9. The van der Waals surface area contributed by atoms with Crippen molar-refractivity contribution in [1.82, 2.24) is 0 Å². The van der Waals surface area contributed by atoms with Crippen LogP contribution in [0.1, 0.15) is 53.6 Å². The van der Waals surface area contributed by atoms with E-state index in [1.807, 2.05) is 43.0 Å². The predicted octanol–water partition coefficient (Wildman–Crippen LogP) is 14.5. The van der Waals surface area contributed by atoms with E-state index in [2.05, 4.69) is 167 Å². The Morgan fingerprint density at radius 1 is 0.536 bits per heavy atom. The molecule has 2 N–H and O–H groups in total. The molecule has 0 bridgehead atoms. The molecule has 8 rings (SSSR count). The summed E-state index contributed by atoms with van der Waals surface area (Å²) in [5.74, 6) is 0. The van der Waals surface area contributed by atoms with Gasteiger partial charge in [0.15, 0.2) is 0 Å². The van der Waals surface area contributed by atoms with Crippen LogP contribution in [0.5, 0.6) is 0 Å². The molecule has 0 amide bonds. The van der Waals surface area contributed by atoms with E-state index in [1.165, 1.54) is 75.8 Å². The minimum absolute atomic E-state index is 0.717. The Balaban J connectivity index is 0.000000172. The highest BCUT2D eigenvalue weighted by Crippen LogP contribution is 2.39. The maximum Gasteiger partial charge on any atom is 0.0739 e. The third-order valence-corrected chi connectivity index (χ3v) is 11.7. The fourth-order valence-electron chi connectivity index (χ4n) is 7.50. The number of aryl methyl sites for hydroxylation is 4. The van der Waals surface area contributed by atoms with Crippen LogP contribution in [-0.2, 0) is 6.42 Å². The lowest BCUT2D eigenvalue weighted by Crippen LogP contribution is -2.07. The molecule has 0 fully saturated rings. The number of nitrogens with two attached hydrogens (primary N) is 1. The zero-order valence-electron chi connectivity index (χ0n) is 33.1. The smallest absolute Gasteiger partial charge is 0.0739 e. The number of aliphatic imine (C=N–C) groups is 1. The van der Waals surface area contributed by atoms with E-state index in [-0.39, 0.29) is 0 Å². The average Bonchev–Trinajstić information content (AvgIpc) is 3.22. The molecule has 0 aliphatic rings. The second-order valence-corrected chi connectivity index (χ2v) is 15.5. The number of anilines is 1. The van der Waals surface area contributed by atoms with Gasteiger partial charge in [-0.25, -0.2) is 0 Å². The lowest BCUT2D eigenvalue weighted by molar-refractivity contribution is 0.899. The lowest BCUT2D eigenvalue weighted by atomic mass is 9.94. The van der Waals surface area contributed by atoms with Crippen molar-refractivity contribution in [2.24, 2.45) is 4.99 Å². The molecule has 278 valence electrons. The molecular formula is C53H50N2S. The zero-order chi connectivity index (χ0) is 39.0. The van der Waals surface area contributed by atoms with Crippen molar-refractivity contribution >= 4 is 44.7 Å². The first-order valence-corrected chi connectivity index (χ1v) is 20.5. The first-order chi connectivity index (χ1) is 27.3. The van der Waals surface area contributed by atoms with Gasteiger partial charge >= 0.3 is 0 Å². The molecule has 0 saturated heterocycles. The molecule has 0 spiro atoms. The van der Waals surface area contributed by atoms with E-state index >= 15 is 0 Å². The maximum absolute atomic E-state index is 6.19. The van der Waals surface area contributed by atoms with Crippen molar-refractivity contribution in [2.75, 3.05) is 12.3 Å². The van der Waals surface area contributed by atoms with Gasteiger partial charge in [0, 0.05) is 33.2 Å². The van der Waals surface area contributed by atoms with E-state index in [1.54, 1.807) is 0 Å². The minimum Gasteiger partial charge on any atom is -0.398 e. The fourth-order valence-corrected chi connectivity index (χ4v) is 8.67. The van der Waals surface area contributed by atoms with Crippen molar-refractivity contribution in [3.05, 3.63) is 197 Å². The van der Waals surface area contributed by atoms with Crippen LogP contribution >= 0.6 is 11.8 Å². The largest absolute Gasteiger partial charge is 0.398 e. The van der Waals surface area contributed by atoms with Gasteiger partial charge in [0.2, 0.25) is 0 Å². The summed E-state index contributed by atoms with van der Waals surface area (Å²) in [5.41, 5.74) is 20.6. The molecule has 0 aliphatic heterocycles. The van der Waals surface area contributed by atoms with Crippen molar-refractivity contribution in [3.63, 3.8) is 0 Å². The zero-order valence-corrected chi connectivity index (χ0v) is 34.0. The predicted molar refractivity (Wildman–Crippen MR) is 245 cm³/mol. The fraction of sp³-hybridized carbons (Fsp3) is 0.151. The van der Waals surface area contributed by atoms with Crippen LogP contribution in [0.3, 0.4) is 0 Å². The standard InChI is InChI=1S/C28H28S.C25H22N2/c1-5-10-24-17-26(25-14-9-6-11-19(25)2)20(3)16-28(24)29-27-18-23-13-8-7-12-22(23)15-21(27)4;1-2-27-25(23-11-5-6-13-24(23)26)20-16-14-19(15-17-20)22-12-7-9-18-8-3-4-10-21(18)22/h6-9,11-18H,5,10H2,1-4H3;3-17H,2,26H2,1H3. The normalized spacial score (nSPS) is 11.4. The SMILES string of the molecule is CCCc1cc(-c2ccccc2C)c(C)cc1Sc1cc2ccccc2cc1C.CCN=C(c1ccc(-c2cccc3ccccc23)cc1)c1ccccc1N. The summed E-state index contributed by atoms with van der Waals surface area (Å²) in [4.78, 5) is 7.45. The van der Waals surface area contributed by atoms with Gasteiger partial charge in [-0.2, -0.15) is 0 Å². The number of fused-ring (bicyclic) bond motifs is 2.